The van der Waals surface area contributed by atoms with Crippen LogP contribution in [0.5, 0.6) is 11.5 Å². The van der Waals surface area contributed by atoms with E-state index >= 15 is 0 Å². The van der Waals surface area contributed by atoms with E-state index in [0.29, 0.717) is 34.9 Å². The number of rotatable bonds is 4. The molecule has 5 rings (SSSR count). The smallest absolute Gasteiger partial charge is 0.338 e. The molecule has 0 aliphatic carbocycles. The first-order valence-electron chi connectivity index (χ1n) is 10.0. The number of para-hydroxylation sites is 1. The monoisotopic (exact) mass is 416 g/mol. The van der Waals surface area contributed by atoms with Crippen molar-refractivity contribution < 1.29 is 23.8 Å². The molecule has 2 heterocycles. The van der Waals surface area contributed by atoms with Crippen molar-refractivity contribution in [3.63, 3.8) is 0 Å². The van der Waals surface area contributed by atoms with Gasteiger partial charge in [0, 0.05) is 11.4 Å². The third-order valence-corrected chi connectivity index (χ3v) is 5.30. The van der Waals surface area contributed by atoms with Crippen molar-refractivity contribution in [2.75, 3.05) is 23.6 Å². The first-order chi connectivity index (χ1) is 15.2. The average Bonchev–Trinajstić information content (AvgIpc) is 3.27. The Kier molecular flexibility index (Phi) is 4.71. The molecule has 0 unspecified atom stereocenters. The highest BCUT2D eigenvalue weighted by molar-refractivity contribution is 6.12. The van der Waals surface area contributed by atoms with Gasteiger partial charge < -0.3 is 19.5 Å². The lowest BCUT2D eigenvalue weighted by Crippen LogP contribution is -2.43. The summed E-state index contributed by atoms with van der Waals surface area (Å²) in [6.07, 6.45) is -0.467. The van der Waals surface area contributed by atoms with Crippen molar-refractivity contribution in [3.8, 4) is 11.5 Å². The normalized spacial score (nSPS) is 16.5. The highest BCUT2D eigenvalue weighted by atomic mass is 16.7. The zero-order valence-electron chi connectivity index (χ0n) is 16.8. The number of fused-ring (bicyclic) bond motifs is 2. The van der Waals surface area contributed by atoms with Crippen molar-refractivity contribution in [1.29, 1.82) is 0 Å². The zero-order chi connectivity index (χ0) is 21.4. The Morgan fingerprint density at radius 2 is 1.84 bits per heavy atom. The number of amides is 1. The minimum Gasteiger partial charge on any atom is -0.462 e. The van der Waals surface area contributed by atoms with E-state index in [1.165, 1.54) is 0 Å². The Morgan fingerprint density at radius 3 is 2.65 bits per heavy atom. The van der Waals surface area contributed by atoms with Crippen LogP contribution in [0.15, 0.2) is 66.7 Å². The van der Waals surface area contributed by atoms with Gasteiger partial charge in [0.2, 0.25) is 6.79 Å². The second-order valence-electron chi connectivity index (χ2n) is 7.15. The molecule has 0 radical (unpaired) electrons. The van der Waals surface area contributed by atoms with E-state index in [2.05, 4.69) is 5.32 Å². The van der Waals surface area contributed by atoms with Gasteiger partial charge in [-0.05, 0) is 61.0 Å². The molecule has 0 aromatic heterocycles. The Balaban J connectivity index is 1.56. The van der Waals surface area contributed by atoms with Gasteiger partial charge in [-0.25, -0.2) is 4.79 Å². The van der Waals surface area contributed by atoms with Crippen molar-refractivity contribution in [3.05, 3.63) is 83.4 Å². The maximum absolute atomic E-state index is 13.5. The summed E-state index contributed by atoms with van der Waals surface area (Å²) in [6.45, 7) is 2.24. The molecule has 156 valence electrons. The summed E-state index contributed by atoms with van der Waals surface area (Å²) in [5.74, 6) is 0.788. The SMILES string of the molecule is CCOC(=O)c1ccc(N2C(=O)c3ccccc3N[C@H]2c2ccc3c(c2)OCO3)cc1. The lowest BCUT2D eigenvalue weighted by molar-refractivity contribution is 0.0526. The quantitative estimate of drug-likeness (QED) is 0.637. The summed E-state index contributed by atoms with van der Waals surface area (Å²) in [5, 5.41) is 3.46. The molecule has 0 bridgehead atoms. The molecule has 1 atom stereocenters. The summed E-state index contributed by atoms with van der Waals surface area (Å²) in [6, 6.07) is 19.9. The van der Waals surface area contributed by atoms with E-state index in [1.807, 2.05) is 36.4 Å². The highest BCUT2D eigenvalue weighted by Crippen LogP contribution is 2.40. The fourth-order valence-electron chi connectivity index (χ4n) is 3.81. The lowest BCUT2D eigenvalue weighted by atomic mass is 10.0. The van der Waals surface area contributed by atoms with E-state index in [4.69, 9.17) is 14.2 Å². The van der Waals surface area contributed by atoms with Crippen LogP contribution in [0, 0.1) is 0 Å². The molecule has 1 amide bonds. The minimum absolute atomic E-state index is 0.138. The first kappa shape index (κ1) is 19.0. The Morgan fingerprint density at radius 1 is 1.06 bits per heavy atom. The van der Waals surface area contributed by atoms with Gasteiger partial charge in [-0.2, -0.15) is 0 Å². The molecule has 7 heteroatoms. The fraction of sp³-hybridized carbons (Fsp3) is 0.167. The van der Waals surface area contributed by atoms with Crippen LogP contribution in [0.2, 0.25) is 0 Å². The zero-order valence-corrected chi connectivity index (χ0v) is 16.8. The second-order valence-corrected chi connectivity index (χ2v) is 7.15. The molecule has 2 aliphatic heterocycles. The molecular formula is C24H20N2O5. The van der Waals surface area contributed by atoms with E-state index in [0.717, 1.165) is 11.3 Å². The van der Waals surface area contributed by atoms with Gasteiger partial charge in [0.15, 0.2) is 11.5 Å². The van der Waals surface area contributed by atoms with Crippen LogP contribution < -0.4 is 19.7 Å². The number of nitrogens with zero attached hydrogens (tertiary/aromatic N) is 1. The molecule has 0 saturated heterocycles. The number of carbonyl (C=O) groups excluding carboxylic acids is 2. The third kappa shape index (κ3) is 3.34. The highest BCUT2D eigenvalue weighted by Gasteiger charge is 2.34. The number of anilines is 2. The Labute approximate surface area is 179 Å². The molecule has 3 aromatic rings. The predicted molar refractivity (Wildman–Crippen MR) is 115 cm³/mol. The number of ether oxygens (including phenoxy) is 3. The van der Waals surface area contributed by atoms with Crippen LogP contribution in [0.3, 0.4) is 0 Å². The number of carbonyl (C=O) groups is 2. The lowest BCUT2D eigenvalue weighted by Gasteiger charge is -2.38. The van der Waals surface area contributed by atoms with Gasteiger partial charge in [-0.3, -0.25) is 9.69 Å². The maximum atomic E-state index is 13.5. The molecule has 7 nitrogen and oxygen atoms in total. The van der Waals surface area contributed by atoms with Crippen LogP contribution >= 0.6 is 0 Å². The van der Waals surface area contributed by atoms with Crippen molar-refractivity contribution in [2.45, 2.75) is 13.1 Å². The summed E-state index contributed by atoms with van der Waals surface area (Å²) in [5.41, 5.74) is 3.27. The van der Waals surface area contributed by atoms with Crippen LogP contribution in [-0.2, 0) is 4.74 Å². The molecule has 31 heavy (non-hydrogen) atoms. The van der Waals surface area contributed by atoms with Crippen molar-refractivity contribution >= 4 is 23.3 Å². The standard InChI is InChI=1S/C24H20N2O5/c1-2-29-24(28)15-7-10-17(11-8-15)26-22(16-9-12-20-21(13-16)31-14-30-20)25-19-6-4-3-5-18(19)23(26)27/h3-13,22,25H,2,14H2,1H3/t22-/m1/s1. The van der Waals surface area contributed by atoms with Crippen LogP contribution in [0.4, 0.5) is 11.4 Å². The maximum Gasteiger partial charge on any atom is 0.338 e. The average molecular weight is 416 g/mol. The van der Waals surface area contributed by atoms with E-state index in [1.54, 1.807) is 42.2 Å². The molecule has 0 saturated carbocycles. The van der Waals surface area contributed by atoms with Gasteiger partial charge in [0.1, 0.15) is 6.17 Å². The topological polar surface area (TPSA) is 77.1 Å². The second kappa shape index (κ2) is 7.68. The van der Waals surface area contributed by atoms with Gasteiger partial charge in [0.25, 0.3) is 5.91 Å². The molecular weight excluding hydrogens is 396 g/mol. The predicted octanol–water partition coefficient (Wildman–Crippen LogP) is 4.36. The number of nitrogens with one attached hydrogen (secondary N) is 1. The van der Waals surface area contributed by atoms with E-state index in [9.17, 15) is 9.59 Å². The van der Waals surface area contributed by atoms with Gasteiger partial charge in [0.05, 0.1) is 17.7 Å². The largest absolute Gasteiger partial charge is 0.462 e. The van der Waals surface area contributed by atoms with Gasteiger partial charge in [-0.15, -0.1) is 0 Å². The van der Waals surface area contributed by atoms with Crippen LogP contribution in [-0.4, -0.2) is 25.3 Å². The van der Waals surface area contributed by atoms with Crippen LogP contribution in [0.1, 0.15) is 39.4 Å². The molecule has 0 fully saturated rings. The summed E-state index contributed by atoms with van der Waals surface area (Å²) < 4.78 is 16.0. The Hall–Kier alpha value is -4.00. The minimum atomic E-state index is -0.467. The number of hydrogen-bond donors (Lipinski definition) is 1. The van der Waals surface area contributed by atoms with Crippen molar-refractivity contribution in [1.82, 2.24) is 0 Å². The molecule has 2 aliphatic rings. The van der Waals surface area contributed by atoms with E-state index < -0.39 is 12.1 Å². The first-order valence-corrected chi connectivity index (χ1v) is 10.0. The number of esters is 1. The van der Waals surface area contributed by atoms with E-state index in [-0.39, 0.29) is 12.7 Å². The van der Waals surface area contributed by atoms with Gasteiger partial charge >= 0.3 is 5.97 Å². The van der Waals surface area contributed by atoms with Crippen molar-refractivity contribution in [2.24, 2.45) is 0 Å². The van der Waals surface area contributed by atoms with Crippen LogP contribution in [0.25, 0.3) is 0 Å². The molecule has 0 spiro atoms. The summed E-state index contributed by atoms with van der Waals surface area (Å²) >= 11 is 0. The number of benzene rings is 3. The Bertz CT molecular complexity index is 1160. The van der Waals surface area contributed by atoms with Gasteiger partial charge in [-0.1, -0.05) is 18.2 Å². The molecule has 3 aromatic carbocycles. The third-order valence-electron chi connectivity index (χ3n) is 5.30. The summed E-state index contributed by atoms with van der Waals surface area (Å²) in [7, 11) is 0. The fourth-order valence-corrected chi connectivity index (χ4v) is 3.81. The summed E-state index contributed by atoms with van der Waals surface area (Å²) in [4.78, 5) is 27.2. The number of hydrogen-bond acceptors (Lipinski definition) is 6. The molecule has 1 N–H and O–H groups in total.